The van der Waals surface area contributed by atoms with Crippen LogP contribution in [0.1, 0.15) is 18.9 Å². The summed E-state index contributed by atoms with van der Waals surface area (Å²) in [5.74, 6) is -0.229. The molecule has 5 rings (SSSR count). The topological polar surface area (TPSA) is 80.7 Å². The zero-order valence-corrected chi connectivity index (χ0v) is 19.0. The maximum atomic E-state index is 13.6. The average molecular weight is 470 g/mol. The molecule has 0 saturated carbocycles. The van der Waals surface area contributed by atoms with E-state index in [1.165, 1.54) is 0 Å². The number of rotatable bonds is 3. The van der Waals surface area contributed by atoms with Gasteiger partial charge in [0.1, 0.15) is 0 Å². The monoisotopic (exact) mass is 469 g/mol. The van der Waals surface area contributed by atoms with Crippen LogP contribution in [0.5, 0.6) is 0 Å². The quantitative estimate of drug-likeness (QED) is 0.687. The number of halogens is 1. The first kappa shape index (κ1) is 21.7. The maximum absolute atomic E-state index is 13.6. The van der Waals surface area contributed by atoms with Gasteiger partial charge in [-0.05, 0) is 25.1 Å². The van der Waals surface area contributed by atoms with E-state index in [4.69, 9.17) is 25.9 Å². The van der Waals surface area contributed by atoms with E-state index < -0.39 is 17.3 Å². The molecule has 8 nitrogen and oxygen atoms in total. The van der Waals surface area contributed by atoms with Gasteiger partial charge in [-0.3, -0.25) is 9.69 Å². The molecule has 3 heterocycles. The second kappa shape index (κ2) is 8.35. The van der Waals surface area contributed by atoms with Crippen LogP contribution < -0.4 is 4.90 Å². The van der Waals surface area contributed by atoms with Gasteiger partial charge in [0, 0.05) is 29.2 Å². The summed E-state index contributed by atoms with van der Waals surface area (Å²) in [6.07, 6.45) is -0.165. The lowest BCUT2D eigenvalue weighted by Gasteiger charge is -2.33. The molecular weight excluding hydrogens is 446 g/mol. The van der Waals surface area contributed by atoms with Gasteiger partial charge in [-0.15, -0.1) is 0 Å². The van der Waals surface area contributed by atoms with Crippen LogP contribution in [-0.2, 0) is 19.1 Å². The van der Waals surface area contributed by atoms with E-state index >= 15 is 0 Å². The van der Waals surface area contributed by atoms with E-state index in [0.717, 1.165) is 11.3 Å². The first-order chi connectivity index (χ1) is 15.9. The smallest absolute Gasteiger partial charge is 0.415 e. The third-order valence-electron chi connectivity index (χ3n) is 6.17. The molecule has 3 aliphatic heterocycles. The molecule has 172 valence electrons. The highest BCUT2D eigenvalue weighted by Gasteiger charge is 2.52. The van der Waals surface area contributed by atoms with E-state index in [1.54, 1.807) is 22.8 Å². The summed E-state index contributed by atoms with van der Waals surface area (Å²) in [7, 11) is 0. The van der Waals surface area contributed by atoms with Gasteiger partial charge < -0.3 is 19.2 Å². The van der Waals surface area contributed by atoms with Crippen molar-refractivity contribution in [2.75, 3.05) is 37.7 Å². The molecule has 2 atom stereocenters. The fourth-order valence-corrected chi connectivity index (χ4v) is 4.74. The number of para-hydroxylation sites is 1. The predicted molar refractivity (Wildman–Crippen MR) is 122 cm³/mol. The Balaban J connectivity index is 1.33. The second-order valence-corrected chi connectivity index (χ2v) is 9.18. The van der Waals surface area contributed by atoms with E-state index in [1.807, 2.05) is 48.5 Å². The first-order valence-electron chi connectivity index (χ1n) is 10.8. The molecule has 33 heavy (non-hydrogen) atoms. The van der Waals surface area contributed by atoms with Gasteiger partial charge in [0.25, 0.3) is 5.91 Å². The van der Waals surface area contributed by atoms with Crippen LogP contribution >= 0.6 is 11.6 Å². The van der Waals surface area contributed by atoms with Crippen LogP contribution in [0, 0.1) is 0 Å². The Morgan fingerprint density at radius 3 is 2.64 bits per heavy atom. The Labute approximate surface area is 196 Å². The molecule has 0 N–H and O–H groups in total. The van der Waals surface area contributed by atoms with Crippen molar-refractivity contribution in [3.63, 3.8) is 0 Å². The number of anilines is 1. The molecular formula is C24H24ClN3O5. The average Bonchev–Trinajstić information content (AvgIpc) is 3.29. The molecule has 0 aromatic heterocycles. The summed E-state index contributed by atoms with van der Waals surface area (Å²) < 4.78 is 11.6. The number of nitrogens with zero attached hydrogens (tertiary/aromatic N) is 3. The van der Waals surface area contributed by atoms with Gasteiger partial charge in [0.2, 0.25) is 5.60 Å². The Bertz CT molecular complexity index is 1110. The fourth-order valence-electron chi connectivity index (χ4n) is 4.49. The summed E-state index contributed by atoms with van der Waals surface area (Å²) in [5, 5.41) is 4.73. The summed E-state index contributed by atoms with van der Waals surface area (Å²) in [6.45, 7) is 3.14. The van der Waals surface area contributed by atoms with Crippen LogP contribution in [0.3, 0.4) is 0 Å². The van der Waals surface area contributed by atoms with Crippen molar-refractivity contribution in [1.82, 2.24) is 4.90 Å². The Kier molecular flexibility index (Phi) is 5.50. The number of hydrogen-bond acceptors (Lipinski definition) is 6. The van der Waals surface area contributed by atoms with Crippen molar-refractivity contribution in [1.29, 1.82) is 0 Å². The number of benzene rings is 2. The van der Waals surface area contributed by atoms with Crippen LogP contribution in [0.2, 0.25) is 5.02 Å². The third-order valence-corrected chi connectivity index (χ3v) is 6.50. The minimum atomic E-state index is -1.18. The lowest BCUT2D eigenvalue weighted by molar-refractivity contribution is -0.155. The number of ether oxygens (including phenoxy) is 2. The van der Waals surface area contributed by atoms with Gasteiger partial charge in [-0.2, -0.15) is 0 Å². The van der Waals surface area contributed by atoms with E-state index in [9.17, 15) is 9.59 Å². The van der Waals surface area contributed by atoms with Gasteiger partial charge in [0.15, 0.2) is 5.60 Å². The highest BCUT2D eigenvalue weighted by atomic mass is 35.5. The molecule has 2 fully saturated rings. The number of amides is 2. The largest absolute Gasteiger partial charge is 0.436 e. The molecule has 2 saturated heterocycles. The minimum absolute atomic E-state index is 0.210. The van der Waals surface area contributed by atoms with Crippen LogP contribution in [0.4, 0.5) is 10.5 Å². The van der Waals surface area contributed by atoms with Gasteiger partial charge in [-0.25, -0.2) is 4.79 Å². The SMILES string of the molecule is CC1(C(=O)N2CCOCC3(C2)CN(c2ccccc2)C(=O)O3)CC(c2ccccc2Cl)=NO1. The summed E-state index contributed by atoms with van der Waals surface area (Å²) in [5.41, 5.74) is -0.0258. The van der Waals surface area contributed by atoms with Crippen molar-refractivity contribution in [3.05, 3.63) is 65.2 Å². The Morgan fingerprint density at radius 1 is 1.09 bits per heavy atom. The van der Waals surface area contributed by atoms with Crippen molar-refractivity contribution in [2.45, 2.75) is 24.5 Å². The Hall–Kier alpha value is -3.10. The number of oxime groups is 1. The van der Waals surface area contributed by atoms with E-state index in [-0.39, 0.29) is 25.5 Å². The number of carbonyl (C=O) groups is 2. The van der Waals surface area contributed by atoms with Crippen molar-refractivity contribution in [2.24, 2.45) is 5.16 Å². The maximum Gasteiger partial charge on any atom is 0.415 e. The van der Waals surface area contributed by atoms with Crippen molar-refractivity contribution >= 4 is 35.0 Å². The standard InChI is InChI=1S/C24H24ClN3O5/c1-23(13-20(26-33-23)18-9-5-6-10-19(18)25)21(29)27-11-12-31-16-24(14-27)15-28(22(30)32-24)17-7-3-2-4-8-17/h2-10H,11-16H2,1H3. The zero-order valence-electron chi connectivity index (χ0n) is 18.2. The molecule has 0 bridgehead atoms. The highest BCUT2D eigenvalue weighted by Crippen LogP contribution is 2.34. The summed E-state index contributed by atoms with van der Waals surface area (Å²) in [6, 6.07) is 16.6. The van der Waals surface area contributed by atoms with E-state index in [0.29, 0.717) is 30.4 Å². The van der Waals surface area contributed by atoms with E-state index in [2.05, 4.69) is 5.16 Å². The van der Waals surface area contributed by atoms with Crippen LogP contribution in [0.15, 0.2) is 59.8 Å². The molecule has 2 unspecified atom stereocenters. The molecule has 2 amide bonds. The predicted octanol–water partition coefficient (Wildman–Crippen LogP) is 3.48. The zero-order chi connectivity index (χ0) is 23.1. The highest BCUT2D eigenvalue weighted by molar-refractivity contribution is 6.34. The second-order valence-electron chi connectivity index (χ2n) is 8.77. The minimum Gasteiger partial charge on any atom is -0.436 e. The summed E-state index contributed by atoms with van der Waals surface area (Å²) >= 11 is 6.31. The normalized spacial score (nSPS) is 27.2. The van der Waals surface area contributed by atoms with Crippen LogP contribution in [-0.4, -0.2) is 66.7 Å². The molecule has 2 aromatic carbocycles. The van der Waals surface area contributed by atoms with Crippen LogP contribution in [0.25, 0.3) is 0 Å². The number of carbonyl (C=O) groups excluding carboxylic acids is 2. The van der Waals surface area contributed by atoms with Gasteiger partial charge >= 0.3 is 6.09 Å². The van der Waals surface area contributed by atoms with Crippen molar-refractivity contribution < 1.29 is 23.9 Å². The molecule has 9 heteroatoms. The summed E-state index contributed by atoms with van der Waals surface area (Å²) in [4.78, 5) is 35.2. The first-order valence-corrected chi connectivity index (χ1v) is 11.2. The molecule has 0 radical (unpaired) electrons. The van der Waals surface area contributed by atoms with Gasteiger partial charge in [-0.1, -0.05) is 53.2 Å². The third kappa shape index (κ3) is 4.05. The molecule has 1 spiro atoms. The fraction of sp³-hybridized carbons (Fsp3) is 0.375. The molecule has 3 aliphatic rings. The lowest BCUT2D eigenvalue weighted by atomic mass is 9.93. The Morgan fingerprint density at radius 2 is 1.85 bits per heavy atom. The molecule has 2 aromatic rings. The van der Waals surface area contributed by atoms with Crippen molar-refractivity contribution in [3.8, 4) is 0 Å². The number of hydrogen-bond donors (Lipinski definition) is 0. The molecule has 0 aliphatic carbocycles. The lowest BCUT2D eigenvalue weighted by Crippen LogP contribution is -2.54. The van der Waals surface area contributed by atoms with Gasteiger partial charge in [0.05, 0.1) is 32.0 Å².